The van der Waals surface area contributed by atoms with Gasteiger partial charge in [-0.15, -0.1) is 0 Å². The summed E-state index contributed by atoms with van der Waals surface area (Å²) in [7, 11) is 1.62. The number of ether oxygens (including phenoxy) is 3. The van der Waals surface area contributed by atoms with E-state index in [2.05, 4.69) is 17.4 Å². The molecule has 0 heterocycles. The summed E-state index contributed by atoms with van der Waals surface area (Å²) in [4.78, 5) is 12.4. The summed E-state index contributed by atoms with van der Waals surface area (Å²) in [5.74, 6) is 2.22. The van der Waals surface area contributed by atoms with Crippen LogP contribution in [0.25, 0.3) is 0 Å². The lowest BCUT2D eigenvalue weighted by Gasteiger charge is -2.17. The van der Waals surface area contributed by atoms with E-state index in [1.54, 1.807) is 19.2 Å². The van der Waals surface area contributed by atoms with Gasteiger partial charge in [-0.05, 0) is 75.1 Å². The summed E-state index contributed by atoms with van der Waals surface area (Å²) in [5, 5.41) is 2.97. The molecule has 0 aliphatic carbocycles. The van der Waals surface area contributed by atoms with Gasteiger partial charge in [0, 0.05) is 6.54 Å². The van der Waals surface area contributed by atoms with Crippen molar-refractivity contribution in [2.45, 2.75) is 52.2 Å². The Hall–Kier alpha value is -2.69. The first kappa shape index (κ1) is 21.6. The Morgan fingerprint density at radius 1 is 0.929 bits per heavy atom. The third kappa shape index (κ3) is 7.14. The van der Waals surface area contributed by atoms with E-state index in [0.29, 0.717) is 18.7 Å². The molecule has 1 atom stereocenters. The van der Waals surface area contributed by atoms with Crippen molar-refractivity contribution in [2.24, 2.45) is 0 Å². The van der Waals surface area contributed by atoms with Crippen molar-refractivity contribution < 1.29 is 19.0 Å². The molecule has 0 aromatic heterocycles. The molecular formula is C23H31NO4. The van der Waals surface area contributed by atoms with Gasteiger partial charge in [0.05, 0.1) is 13.2 Å². The highest BCUT2D eigenvalue weighted by Crippen LogP contribution is 2.19. The van der Waals surface area contributed by atoms with Crippen molar-refractivity contribution in [1.29, 1.82) is 0 Å². The van der Waals surface area contributed by atoms with E-state index in [1.165, 1.54) is 5.56 Å². The molecule has 1 amide bonds. The van der Waals surface area contributed by atoms with Crippen LogP contribution >= 0.6 is 0 Å². The number of benzene rings is 2. The SMILES string of the molecule is CC[C@H](Oc1ccc(OC)cc1)C(=O)NCCCc1ccc(OC(C)C)cc1. The average Bonchev–Trinajstić information content (AvgIpc) is 2.70. The minimum Gasteiger partial charge on any atom is -0.497 e. The Morgan fingerprint density at radius 3 is 2.07 bits per heavy atom. The van der Waals surface area contributed by atoms with Gasteiger partial charge in [0.25, 0.3) is 5.91 Å². The highest BCUT2D eigenvalue weighted by Gasteiger charge is 2.17. The molecule has 2 aromatic rings. The van der Waals surface area contributed by atoms with Crippen LogP contribution in [-0.4, -0.2) is 31.8 Å². The van der Waals surface area contributed by atoms with Gasteiger partial charge in [0.15, 0.2) is 6.10 Å². The summed E-state index contributed by atoms with van der Waals surface area (Å²) in [5.41, 5.74) is 1.23. The van der Waals surface area contributed by atoms with Gasteiger partial charge >= 0.3 is 0 Å². The summed E-state index contributed by atoms with van der Waals surface area (Å²) in [6.45, 7) is 6.58. The van der Waals surface area contributed by atoms with Crippen LogP contribution in [0.4, 0.5) is 0 Å². The molecule has 28 heavy (non-hydrogen) atoms. The van der Waals surface area contributed by atoms with Crippen LogP contribution in [0.2, 0.25) is 0 Å². The number of rotatable bonds is 11. The molecule has 5 heteroatoms. The first-order valence-electron chi connectivity index (χ1n) is 9.85. The summed E-state index contributed by atoms with van der Waals surface area (Å²) >= 11 is 0. The second-order valence-electron chi connectivity index (χ2n) is 6.90. The first-order valence-corrected chi connectivity index (χ1v) is 9.85. The summed E-state index contributed by atoms with van der Waals surface area (Å²) in [6, 6.07) is 15.4. The second kappa shape index (κ2) is 11.2. The predicted octanol–water partition coefficient (Wildman–Crippen LogP) is 4.39. The Morgan fingerprint density at radius 2 is 1.50 bits per heavy atom. The van der Waals surface area contributed by atoms with Crippen LogP contribution < -0.4 is 19.5 Å². The topological polar surface area (TPSA) is 56.8 Å². The molecule has 2 rings (SSSR count). The second-order valence-corrected chi connectivity index (χ2v) is 6.90. The molecule has 152 valence electrons. The zero-order valence-corrected chi connectivity index (χ0v) is 17.2. The number of methoxy groups -OCH3 is 1. The number of hydrogen-bond donors (Lipinski definition) is 1. The van der Waals surface area contributed by atoms with E-state index in [9.17, 15) is 4.79 Å². The van der Waals surface area contributed by atoms with Crippen molar-refractivity contribution in [3.63, 3.8) is 0 Å². The monoisotopic (exact) mass is 385 g/mol. The third-order valence-corrected chi connectivity index (χ3v) is 4.24. The fourth-order valence-electron chi connectivity index (χ4n) is 2.77. The molecule has 0 radical (unpaired) electrons. The predicted molar refractivity (Wildman–Crippen MR) is 111 cm³/mol. The number of carbonyl (C=O) groups excluding carboxylic acids is 1. The minimum absolute atomic E-state index is 0.0843. The lowest BCUT2D eigenvalue weighted by atomic mass is 10.1. The van der Waals surface area contributed by atoms with Gasteiger partial charge in [-0.25, -0.2) is 0 Å². The van der Waals surface area contributed by atoms with E-state index < -0.39 is 6.10 Å². The molecule has 0 spiro atoms. The van der Waals surface area contributed by atoms with Crippen molar-refractivity contribution >= 4 is 5.91 Å². The van der Waals surface area contributed by atoms with E-state index in [-0.39, 0.29) is 12.0 Å². The molecule has 0 saturated carbocycles. The van der Waals surface area contributed by atoms with Crippen molar-refractivity contribution in [1.82, 2.24) is 5.32 Å². The van der Waals surface area contributed by atoms with Gasteiger partial charge in [0.1, 0.15) is 17.2 Å². The molecule has 0 aliphatic rings. The van der Waals surface area contributed by atoms with Gasteiger partial charge in [0.2, 0.25) is 0 Å². The Bertz CT molecular complexity index is 710. The maximum absolute atomic E-state index is 12.4. The number of carbonyl (C=O) groups is 1. The molecule has 0 fully saturated rings. The fourth-order valence-corrected chi connectivity index (χ4v) is 2.77. The summed E-state index contributed by atoms with van der Waals surface area (Å²) < 4.78 is 16.6. The molecule has 1 N–H and O–H groups in total. The third-order valence-electron chi connectivity index (χ3n) is 4.24. The molecule has 0 saturated heterocycles. The highest BCUT2D eigenvalue weighted by atomic mass is 16.5. The van der Waals surface area contributed by atoms with Crippen molar-refractivity contribution in [3.05, 3.63) is 54.1 Å². The van der Waals surface area contributed by atoms with Gasteiger partial charge in [-0.2, -0.15) is 0 Å². The smallest absolute Gasteiger partial charge is 0.261 e. The summed E-state index contributed by atoms with van der Waals surface area (Å²) in [6.07, 6.45) is 2.05. The van der Waals surface area contributed by atoms with E-state index in [1.807, 2.05) is 45.0 Å². The highest BCUT2D eigenvalue weighted by molar-refractivity contribution is 5.81. The number of amides is 1. The molecule has 0 unspecified atom stereocenters. The lowest BCUT2D eigenvalue weighted by Crippen LogP contribution is -2.38. The average molecular weight is 386 g/mol. The Labute approximate surface area is 168 Å². The van der Waals surface area contributed by atoms with Crippen molar-refractivity contribution in [2.75, 3.05) is 13.7 Å². The van der Waals surface area contributed by atoms with Gasteiger partial charge in [-0.3, -0.25) is 4.79 Å². The van der Waals surface area contributed by atoms with Crippen LogP contribution in [0.5, 0.6) is 17.2 Å². The van der Waals surface area contributed by atoms with E-state index in [0.717, 1.165) is 24.3 Å². The molecule has 2 aromatic carbocycles. The van der Waals surface area contributed by atoms with Crippen LogP contribution in [0, 0.1) is 0 Å². The number of aryl methyl sites for hydroxylation is 1. The van der Waals surface area contributed by atoms with Crippen LogP contribution in [-0.2, 0) is 11.2 Å². The van der Waals surface area contributed by atoms with Crippen molar-refractivity contribution in [3.8, 4) is 17.2 Å². The maximum Gasteiger partial charge on any atom is 0.261 e. The standard InChI is InChI=1S/C23H31NO4/c1-5-22(28-21-14-12-19(26-4)13-15-21)23(25)24-16-6-7-18-8-10-20(11-9-18)27-17(2)3/h8-15,17,22H,5-7,16H2,1-4H3,(H,24,25)/t22-/m0/s1. The zero-order valence-electron chi connectivity index (χ0n) is 17.2. The van der Waals surface area contributed by atoms with E-state index in [4.69, 9.17) is 14.2 Å². The minimum atomic E-state index is -0.499. The van der Waals surface area contributed by atoms with Gasteiger partial charge in [-0.1, -0.05) is 19.1 Å². The quantitative estimate of drug-likeness (QED) is 0.583. The van der Waals surface area contributed by atoms with Gasteiger partial charge < -0.3 is 19.5 Å². The first-order chi connectivity index (χ1) is 13.5. The maximum atomic E-state index is 12.4. The fraction of sp³-hybridized carbons (Fsp3) is 0.435. The van der Waals surface area contributed by atoms with E-state index >= 15 is 0 Å². The molecule has 5 nitrogen and oxygen atoms in total. The molecule has 0 bridgehead atoms. The number of nitrogens with one attached hydrogen (secondary N) is 1. The Kier molecular flexibility index (Phi) is 8.66. The molecular weight excluding hydrogens is 354 g/mol. The normalized spacial score (nSPS) is 11.8. The van der Waals surface area contributed by atoms with Crippen LogP contribution in [0.15, 0.2) is 48.5 Å². The number of hydrogen-bond acceptors (Lipinski definition) is 4. The van der Waals surface area contributed by atoms with Crippen LogP contribution in [0.1, 0.15) is 39.2 Å². The Balaban J connectivity index is 1.73. The largest absolute Gasteiger partial charge is 0.497 e. The lowest BCUT2D eigenvalue weighted by molar-refractivity contribution is -0.128. The van der Waals surface area contributed by atoms with Crippen LogP contribution in [0.3, 0.4) is 0 Å². The zero-order chi connectivity index (χ0) is 20.4. The molecule has 0 aliphatic heterocycles.